The summed E-state index contributed by atoms with van der Waals surface area (Å²) in [6.45, 7) is 0. The van der Waals surface area contributed by atoms with Gasteiger partial charge in [-0.25, -0.2) is 0 Å². The van der Waals surface area contributed by atoms with E-state index in [1.54, 1.807) is 22.3 Å². The molecule has 272 valence electrons. The second-order valence-corrected chi connectivity index (χ2v) is 18.5. The Morgan fingerprint density at radius 3 is 1.62 bits per heavy atom. The quantitative estimate of drug-likeness (QED) is 0.175. The zero-order valence-electron chi connectivity index (χ0n) is 32.1. The van der Waals surface area contributed by atoms with Gasteiger partial charge in [-0.15, -0.1) is 0 Å². The smallest absolute Gasteiger partial charge is 0.0468 e. The van der Waals surface area contributed by atoms with Crippen molar-refractivity contribution in [1.29, 1.82) is 0 Å². The summed E-state index contributed by atoms with van der Waals surface area (Å²) in [7, 11) is 0. The highest BCUT2D eigenvalue weighted by molar-refractivity contribution is 5.91. The van der Waals surface area contributed by atoms with Crippen molar-refractivity contribution in [1.82, 2.24) is 0 Å². The number of hydrogen-bond donors (Lipinski definition) is 0. The van der Waals surface area contributed by atoms with E-state index in [0.717, 1.165) is 23.7 Å². The molecule has 14 rings (SSSR count). The Hall–Kier alpha value is -5.40. The van der Waals surface area contributed by atoms with Crippen LogP contribution in [0.5, 0.6) is 0 Å². The zero-order valence-corrected chi connectivity index (χ0v) is 32.1. The fourth-order valence-corrected chi connectivity index (χ4v) is 14.0. The molecule has 0 radical (unpaired) electrons. The summed E-state index contributed by atoms with van der Waals surface area (Å²) in [5.74, 6) is 3.43. The summed E-state index contributed by atoms with van der Waals surface area (Å²) < 4.78 is 0. The van der Waals surface area contributed by atoms with Gasteiger partial charge in [0.25, 0.3) is 0 Å². The van der Waals surface area contributed by atoms with Gasteiger partial charge >= 0.3 is 0 Å². The largest absolute Gasteiger partial charge is 0.310 e. The number of benzene rings is 7. The van der Waals surface area contributed by atoms with Crippen molar-refractivity contribution in [2.45, 2.75) is 68.6 Å². The van der Waals surface area contributed by atoms with Crippen LogP contribution in [0.1, 0.15) is 80.0 Å². The van der Waals surface area contributed by atoms with Crippen molar-refractivity contribution in [2.75, 3.05) is 4.90 Å². The molecule has 7 aliphatic rings. The van der Waals surface area contributed by atoms with Gasteiger partial charge in [0.2, 0.25) is 0 Å². The van der Waals surface area contributed by atoms with Crippen molar-refractivity contribution in [3.8, 4) is 33.4 Å². The van der Waals surface area contributed by atoms with E-state index in [9.17, 15) is 0 Å². The van der Waals surface area contributed by atoms with E-state index in [2.05, 4.69) is 157 Å². The fraction of sp³-hybridized carbons (Fsp3) is 0.273. The molecule has 0 aromatic heterocycles. The van der Waals surface area contributed by atoms with Crippen molar-refractivity contribution >= 4 is 27.8 Å². The normalized spacial score (nSPS) is 25.4. The molecule has 0 heterocycles. The van der Waals surface area contributed by atoms with Crippen molar-refractivity contribution < 1.29 is 0 Å². The summed E-state index contributed by atoms with van der Waals surface area (Å²) in [6.07, 6.45) is 12.3. The first-order valence-electron chi connectivity index (χ1n) is 21.6. The molecule has 0 unspecified atom stereocenters. The first-order chi connectivity index (χ1) is 27.7. The van der Waals surface area contributed by atoms with E-state index in [4.69, 9.17) is 0 Å². The van der Waals surface area contributed by atoms with E-state index in [1.807, 2.05) is 0 Å². The maximum absolute atomic E-state index is 2.58. The van der Waals surface area contributed by atoms with E-state index >= 15 is 0 Å². The van der Waals surface area contributed by atoms with Crippen LogP contribution >= 0.6 is 0 Å². The van der Waals surface area contributed by atoms with Gasteiger partial charge in [-0.05, 0) is 177 Å². The van der Waals surface area contributed by atoms with Gasteiger partial charge in [0.15, 0.2) is 0 Å². The molecule has 4 bridgehead atoms. The zero-order chi connectivity index (χ0) is 36.6. The molecule has 7 aromatic rings. The summed E-state index contributed by atoms with van der Waals surface area (Å²) in [5, 5.41) is 2.56. The summed E-state index contributed by atoms with van der Waals surface area (Å²) in [4.78, 5) is 2.55. The lowest BCUT2D eigenvalue weighted by Gasteiger charge is -2.61. The van der Waals surface area contributed by atoms with Gasteiger partial charge in [-0.1, -0.05) is 122 Å². The highest BCUT2D eigenvalue weighted by atomic mass is 15.1. The van der Waals surface area contributed by atoms with Gasteiger partial charge < -0.3 is 4.90 Å². The molecular weight excluding hydrogens is 675 g/mol. The molecule has 0 atom stereocenters. The van der Waals surface area contributed by atoms with Crippen molar-refractivity contribution in [2.24, 2.45) is 23.7 Å². The van der Waals surface area contributed by atoms with Gasteiger partial charge in [0.1, 0.15) is 0 Å². The predicted octanol–water partition coefficient (Wildman–Crippen LogP) is 14.5. The third kappa shape index (κ3) is 4.22. The predicted molar refractivity (Wildman–Crippen MR) is 232 cm³/mol. The molecule has 0 N–H and O–H groups in total. The Bertz CT molecular complexity index is 2700. The van der Waals surface area contributed by atoms with Crippen molar-refractivity contribution in [3.63, 3.8) is 0 Å². The van der Waals surface area contributed by atoms with Crippen LogP contribution in [0, 0.1) is 23.7 Å². The Morgan fingerprint density at radius 1 is 0.393 bits per heavy atom. The lowest BCUT2D eigenvalue weighted by molar-refractivity contribution is -0.0399. The number of rotatable bonds is 4. The van der Waals surface area contributed by atoms with Crippen LogP contribution in [-0.4, -0.2) is 0 Å². The molecule has 7 aromatic carbocycles. The Morgan fingerprint density at radius 2 is 0.911 bits per heavy atom. The lowest BCUT2D eigenvalue weighted by Crippen LogP contribution is -2.55. The fourth-order valence-electron chi connectivity index (χ4n) is 14.0. The molecule has 2 spiro atoms. The second-order valence-electron chi connectivity index (χ2n) is 18.5. The molecule has 7 aliphatic carbocycles. The minimum atomic E-state index is 0.168. The van der Waals surface area contributed by atoms with Crippen LogP contribution in [0.15, 0.2) is 152 Å². The Kier molecular flexibility index (Phi) is 6.57. The van der Waals surface area contributed by atoms with Crippen LogP contribution in [-0.2, 0) is 10.8 Å². The van der Waals surface area contributed by atoms with E-state index in [-0.39, 0.29) is 10.8 Å². The molecule has 0 saturated heterocycles. The van der Waals surface area contributed by atoms with E-state index < -0.39 is 0 Å². The average Bonchev–Trinajstić information content (AvgIpc) is 3.93. The van der Waals surface area contributed by atoms with Gasteiger partial charge in [-0.3, -0.25) is 0 Å². The first kappa shape index (κ1) is 31.8. The van der Waals surface area contributed by atoms with E-state index in [1.165, 1.54) is 119 Å². The van der Waals surface area contributed by atoms with Crippen molar-refractivity contribution in [3.05, 3.63) is 174 Å². The van der Waals surface area contributed by atoms with E-state index in [0.29, 0.717) is 0 Å². The monoisotopic (exact) mass is 721 g/mol. The van der Waals surface area contributed by atoms with Gasteiger partial charge in [0.05, 0.1) is 0 Å². The minimum Gasteiger partial charge on any atom is -0.310 e. The minimum absolute atomic E-state index is 0.168. The Labute approximate surface area is 331 Å². The SMILES string of the molecule is c1ccc2c(c1)-c1cc(N(c3ccc(-c4ccc5ccccc5c4)cc3)c3ccc4c(c3)-c3ccccc3C43C4CC5CC(C4)CC3C5)ccc1C21CCCC1. The maximum Gasteiger partial charge on any atom is 0.0468 e. The number of nitrogens with zero attached hydrogens (tertiary/aromatic N) is 1. The third-order valence-corrected chi connectivity index (χ3v) is 16.0. The first-order valence-corrected chi connectivity index (χ1v) is 21.6. The second kappa shape index (κ2) is 11.6. The average molecular weight is 722 g/mol. The highest BCUT2D eigenvalue weighted by Gasteiger charge is 2.61. The topological polar surface area (TPSA) is 3.24 Å². The lowest BCUT2D eigenvalue weighted by atomic mass is 9.43. The maximum atomic E-state index is 2.58. The molecule has 0 amide bonds. The number of fused-ring (bicyclic) bond motifs is 9. The van der Waals surface area contributed by atoms with Crippen LogP contribution in [0.25, 0.3) is 44.2 Å². The number of hydrogen-bond acceptors (Lipinski definition) is 1. The van der Waals surface area contributed by atoms with Crippen LogP contribution in [0.3, 0.4) is 0 Å². The molecular formula is C55H47N. The molecule has 0 aliphatic heterocycles. The molecule has 5 saturated carbocycles. The summed E-state index contributed by atoms with van der Waals surface area (Å²) in [5.41, 5.74) is 18.7. The third-order valence-electron chi connectivity index (χ3n) is 16.0. The molecule has 5 fully saturated rings. The molecule has 56 heavy (non-hydrogen) atoms. The van der Waals surface area contributed by atoms with Crippen LogP contribution in [0.2, 0.25) is 0 Å². The highest BCUT2D eigenvalue weighted by Crippen LogP contribution is 2.69. The van der Waals surface area contributed by atoms with Gasteiger partial charge in [0, 0.05) is 27.9 Å². The molecule has 1 nitrogen and oxygen atoms in total. The standard InChI is InChI=1S/C55H47N/c1-2-10-39-32-40(16-15-37(39)9-1)38-17-19-43(20-18-38)56(44-21-23-51-48(33-44)46-11-3-5-13-50(46)54(51)25-7-8-26-54)45-22-24-53-49(34-45)47-12-4-6-14-52(47)55(53)41-28-35-27-36(30-41)31-42(55)29-35/h1-6,9-24,32-36,41-42H,7-8,25-31H2. The number of anilines is 3. The summed E-state index contributed by atoms with van der Waals surface area (Å²) in [6, 6.07) is 58.8. The van der Waals surface area contributed by atoms with Crippen LogP contribution in [0.4, 0.5) is 17.1 Å². The van der Waals surface area contributed by atoms with Crippen LogP contribution < -0.4 is 4.90 Å². The Balaban J connectivity index is 0.980. The molecule has 1 heteroatoms. The van der Waals surface area contributed by atoms with Gasteiger partial charge in [-0.2, -0.15) is 0 Å². The summed E-state index contributed by atoms with van der Waals surface area (Å²) >= 11 is 0.